The second-order valence-corrected chi connectivity index (χ2v) is 4.00. The Labute approximate surface area is 99.5 Å². The van der Waals surface area contributed by atoms with Crippen LogP contribution in [-0.2, 0) is 6.18 Å². The number of rotatable bonds is 2. The van der Waals surface area contributed by atoms with Gasteiger partial charge in [0.2, 0.25) is 0 Å². The zero-order valence-corrected chi connectivity index (χ0v) is 9.56. The maximum Gasteiger partial charge on any atom is 0.433 e. The fraction of sp³-hybridized carbons (Fsp3) is 0.200. The van der Waals surface area contributed by atoms with Gasteiger partial charge in [-0.2, -0.15) is 13.2 Å². The Bertz CT molecular complexity index is 508. The quantitative estimate of drug-likeness (QED) is 0.665. The minimum Gasteiger partial charge on any atom is -0.367 e. The molecule has 2 heterocycles. The molecule has 90 valence electrons. The predicted octanol–water partition coefficient (Wildman–Crippen LogP) is 3.21. The number of nitrogens with one attached hydrogen (secondary N) is 1. The summed E-state index contributed by atoms with van der Waals surface area (Å²) < 4.78 is 37.9. The summed E-state index contributed by atoms with van der Waals surface area (Å²) in [7, 11) is 0. The highest BCUT2D eigenvalue weighted by Crippen LogP contribution is 2.31. The fourth-order valence-electron chi connectivity index (χ4n) is 1.29. The van der Waals surface area contributed by atoms with E-state index in [0.717, 1.165) is 17.8 Å². The van der Waals surface area contributed by atoms with Crippen LogP contribution in [0, 0.1) is 0 Å². The molecule has 3 nitrogen and oxygen atoms in total. The predicted molar refractivity (Wildman–Crippen MR) is 58.6 cm³/mol. The Morgan fingerprint density at radius 3 is 2.59 bits per heavy atom. The van der Waals surface area contributed by atoms with E-state index >= 15 is 0 Å². The molecule has 7 heteroatoms. The van der Waals surface area contributed by atoms with Gasteiger partial charge in [-0.05, 0) is 18.4 Å². The standard InChI is InChI=1S/C10H8F3N3S/c1-17-9-15-7(6-2-3-14-5-6)4-8(16-9)10(11,12)13/h2-5,14H,1H3. The minimum absolute atomic E-state index is 0.107. The molecule has 0 saturated heterocycles. The first-order chi connectivity index (χ1) is 8.00. The van der Waals surface area contributed by atoms with Crippen molar-refractivity contribution < 1.29 is 13.2 Å². The summed E-state index contributed by atoms with van der Waals surface area (Å²) in [5, 5.41) is 0.107. The molecule has 0 aliphatic carbocycles. The van der Waals surface area contributed by atoms with Crippen LogP contribution in [0.15, 0.2) is 29.7 Å². The molecule has 2 rings (SSSR count). The van der Waals surface area contributed by atoms with Gasteiger partial charge >= 0.3 is 6.18 Å². The van der Waals surface area contributed by atoms with Gasteiger partial charge < -0.3 is 4.98 Å². The molecule has 2 aromatic heterocycles. The summed E-state index contributed by atoms with van der Waals surface area (Å²) in [5.74, 6) is 0. The molecule has 0 aromatic carbocycles. The van der Waals surface area contributed by atoms with Crippen molar-refractivity contribution in [3.8, 4) is 11.3 Å². The molecule has 2 aromatic rings. The third-order valence-corrected chi connectivity index (χ3v) is 2.62. The van der Waals surface area contributed by atoms with E-state index in [0.29, 0.717) is 5.56 Å². The SMILES string of the molecule is CSc1nc(-c2cc[nH]c2)cc(C(F)(F)F)n1. The van der Waals surface area contributed by atoms with E-state index in [1.807, 2.05) is 0 Å². The van der Waals surface area contributed by atoms with Crippen LogP contribution in [0.2, 0.25) is 0 Å². The van der Waals surface area contributed by atoms with Gasteiger partial charge in [-0.1, -0.05) is 11.8 Å². The molecule has 0 unspecified atom stereocenters. The van der Waals surface area contributed by atoms with Crippen LogP contribution < -0.4 is 0 Å². The molecule has 0 bridgehead atoms. The normalized spacial score (nSPS) is 11.8. The second-order valence-electron chi connectivity index (χ2n) is 3.22. The van der Waals surface area contributed by atoms with Crippen molar-refractivity contribution in [3.63, 3.8) is 0 Å². The van der Waals surface area contributed by atoms with Crippen molar-refractivity contribution in [2.24, 2.45) is 0 Å². The number of thioether (sulfide) groups is 1. The third-order valence-electron chi connectivity index (χ3n) is 2.07. The maximum atomic E-state index is 12.6. The summed E-state index contributed by atoms with van der Waals surface area (Å²) in [5.41, 5.74) is -0.0563. The number of H-pyrrole nitrogens is 1. The van der Waals surface area contributed by atoms with Crippen LogP contribution in [0.25, 0.3) is 11.3 Å². The fourth-order valence-corrected chi connectivity index (χ4v) is 1.67. The summed E-state index contributed by atoms with van der Waals surface area (Å²) in [6.07, 6.45) is 0.394. The first-order valence-corrected chi connectivity index (χ1v) is 5.86. The highest BCUT2D eigenvalue weighted by Gasteiger charge is 2.33. The van der Waals surface area contributed by atoms with Gasteiger partial charge in [-0.25, -0.2) is 9.97 Å². The van der Waals surface area contributed by atoms with Gasteiger partial charge in [-0.3, -0.25) is 0 Å². The maximum absolute atomic E-state index is 12.6. The second kappa shape index (κ2) is 4.40. The number of halogens is 3. The first-order valence-electron chi connectivity index (χ1n) is 4.64. The minimum atomic E-state index is -4.46. The lowest BCUT2D eigenvalue weighted by Gasteiger charge is -2.08. The molecule has 0 aliphatic heterocycles. The molecule has 0 spiro atoms. The molecule has 0 aliphatic rings. The Morgan fingerprint density at radius 1 is 1.29 bits per heavy atom. The van der Waals surface area contributed by atoms with Crippen molar-refractivity contribution in [3.05, 3.63) is 30.2 Å². The number of aromatic nitrogens is 3. The lowest BCUT2D eigenvalue weighted by molar-refractivity contribution is -0.141. The number of aromatic amines is 1. The number of hydrogen-bond donors (Lipinski definition) is 1. The number of alkyl halides is 3. The van der Waals surface area contributed by atoms with Gasteiger partial charge in [0.25, 0.3) is 0 Å². The summed E-state index contributed by atoms with van der Waals surface area (Å²) >= 11 is 1.08. The van der Waals surface area contributed by atoms with Crippen LogP contribution >= 0.6 is 11.8 Å². The van der Waals surface area contributed by atoms with Crippen LogP contribution in [0.3, 0.4) is 0 Å². The van der Waals surface area contributed by atoms with E-state index in [9.17, 15) is 13.2 Å². The lowest BCUT2D eigenvalue weighted by atomic mass is 10.2. The van der Waals surface area contributed by atoms with Gasteiger partial charge in [0.1, 0.15) is 5.69 Å². The van der Waals surface area contributed by atoms with Crippen molar-refractivity contribution in [2.45, 2.75) is 11.3 Å². The van der Waals surface area contributed by atoms with E-state index < -0.39 is 11.9 Å². The molecular formula is C10H8F3N3S. The average molecular weight is 259 g/mol. The van der Waals surface area contributed by atoms with E-state index in [1.165, 1.54) is 0 Å². The van der Waals surface area contributed by atoms with E-state index in [1.54, 1.807) is 24.7 Å². The molecule has 1 N–H and O–H groups in total. The van der Waals surface area contributed by atoms with E-state index in [2.05, 4.69) is 15.0 Å². The van der Waals surface area contributed by atoms with Crippen molar-refractivity contribution in [1.82, 2.24) is 15.0 Å². The van der Waals surface area contributed by atoms with Crippen LogP contribution in [0.4, 0.5) is 13.2 Å². The molecule has 17 heavy (non-hydrogen) atoms. The molecule has 0 atom stereocenters. The average Bonchev–Trinajstić information content (AvgIpc) is 2.80. The number of hydrogen-bond acceptors (Lipinski definition) is 3. The highest BCUT2D eigenvalue weighted by molar-refractivity contribution is 7.98. The third kappa shape index (κ3) is 2.60. The first kappa shape index (κ1) is 12.0. The van der Waals surface area contributed by atoms with Crippen molar-refractivity contribution in [2.75, 3.05) is 6.26 Å². The smallest absolute Gasteiger partial charge is 0.367 e. The topological polar surface area (TPSA) is 41.6 Å². The highest BCUT2D eigenvalue weighted by atomic mass is 32.2. The summed E-state index contributed by atoms with van der Waals surface area (Å²) in [6, 6.07) is 2.61. The van der Waals surface area contributed by atoms with E-state index in [4.69, 9.17) is 0 Å². The molecule has 0 saturated carbocycles. The van der Waals surface area contributed by atoms with Crippen molar-refractivity contribution >= 4 is 11.8 Å². The van der Waals surface area contributed by atoms with Gasteiger partial charge in [0.05, 0.1) is 5.69 Å². The number of nitrogens with zero attached hydrogens (tertiary/aromatic N) is 2. The lowest BCUT2D eigenvalue weighted by Crippen LogP contribution is -2.09. The molecule has 0 radical (unpaired) electrons. The zero-order chi connectivity index (χ0) is 12.5. The van der Waals surface area contributed by atoms with Gasteiger partial charge in [0.15, 0.2) is 5.16 Å². The monoisotopic (exact) mass is 259 g/mol. The molecule has 0 amide bonds. The van der Waals surface area contributed by atoms with Crippen molar-refractivity contribution in [1.29, 1.82) is 0 Å². The largest absolute Gasteiger partial charge is 0.433 e. The molecular weight excluding hydrogens is 251 g/mol. The van der Waals surface area contributed by atoms with Gasteiger partial charge in [-0.15, -0.1) is 0 Å². The van der Waals surface area contributed by atoms with Crippen LogP contribution in [-0.4, -0.2) is 21.2 Å². The Kier molecular flexibility index (Phi) is 3.10. The Hall–Kier alpha value is -1.50. The van der Waals surface area contributed by atoms with E-state index in [-0.39, 0.29) is 10.9 Å². The van der Waals surface area contributed by atoms with Crippen LogP contribution in [0.5, 0.6) is 0 Å². The molecule has 0 fully saturated rings. The summed E-state index contributed by atoms with van der Waals surface area (Å²) in [4.78, 5) is 10.3. The van der Waals surface area contributed by atoms with Crippen LogP contribution in [0.1, 0.15) is 5.69 Å². The summed E-state index contributed by atoms with van der Waals surface area (Å²) in [6.45, 7) is 0. The Balaban J connectivity index is 2.54. The zero-order valence-electron chi connectivity index (χ0n) is 8.75. The Morgan fingerprint density at radius 2 is 2.06 bits per heavy atom. The van der Waals surface area contributed by atoms with Gasteiger partial charge in [0, 0.05) is 18.0 Å².